The Bertz CT molecular complexity index is 390. The van der Waals surface area contributed by atoms with Crippen molar-refractivity contribution in [2.75, 3.05) is 32.7 Å². The highest BCUT2D eigenvalue weighted by Gasteiger charge is 2.18. The molecular formula is C13H17F3N2. The molecule has 1 fully saturated rings. The first kappa shape index (κ1) is 13.4. The summed E-state index contributed by atoms with van der Waals surface area (Å²) in [7, 11) is 0. The molecule has 0 amide bonds. The zero-order valence-electron chi connectivity index (χ0n) is 10.1. The van der Waals surface area contributed by atoms with Crippen LogP contribution in [-0.4, -0.2) is 37.6 Å². The van der Waals surface area contributed by atoms with E-state index in [0.29, 0.717) is 18.5 Å². The van der Waals surface area contributed by atoms with Gasteiger partial charge in [-0.25, -0.2) is 13.2 Å². The lowest BCUT2D eigenvalue weighted by atomic mass is 10.0. The number of nitrogens with one attached hydrogen (secondary N) is 1. The fraction of sp³-hybridized carbons (Fsp3) is 0.538. The number of benzene rings is 1. The molecule has 1 aliphatic heterocycles. The summed E-state index contributed by atoms with van der Waals surface area (Å²) in [5, 5.41) is 3.23. The van der Waals surface area contributed by atoms with E-state index in [1.54, 1.807) is 6.07 Å². The van der Waals surface area contributed by atoms with Crippen molar-refractivity contribution in [3.8, 4) is 0 Å². The molecule has 2 rings (SSSR count). The maximum absolute atomic E-state index is 13.4. The number of halogens is 3. The van der Waals surface area contributed by atoms with E-state index in [1.165, 1.54) is 6.07 Å². The van der Waals surface area contributed by atoms with Gasteiger partial charge in [0, 0.05) is 32.7 Å². The van der Waals surface area contributed by atoms with E-state index >= 15 is 0 Å². The Balaban J connectivity index is 2.02. The van der Waals surface area contributed by atoms with Crippen LogP contribution >= 0.6 is 0 Å². The van der Waals surface area contributed by atoms with Crippen LogP contribution in [0.2, 0.25) is 0 Å². The van der Waals surface area contributed by atoms with Crippen LogP contribution in [0.25, 0.3) is 0 Å². The van der Waals surface area contributed by atoms with Crippen LogP contribution in [0.3, 0.4) is 0 Å². The van der Waals surface area contributed by atoms with Gasteiger partial charge in [-0.3, -0.25) is 0 Å². The Labute approximate surface area is 105 Å². The molecule has 1 saturated heterocycles. The van der Waals surface area contributed by atoms with E-state index in [-0.39, 0.29) is 0 Å². The summed E-state index contributed by atoms with van der Waals surface area (Å²) in [5.41, 5.74) is -0.0174. The smallest absolute Gasteiger partial charge is 0.266 e. The van der Waals surface area contributed by atoms with Crippen molar-refractivity contribution in [3.05, 3.63) is 35.1 Å². The summed E-state index contributed by atoms with van der Waals surface area (Å²) in [6.45, 7) is 4.37. The molecule has 100 valence electrons. The van der Waals surface area contributed by atoms with Crippen LogP contribution < -0.4 is 5.32 Å². The van der Waals surface area contributed by atoms with Crippen LogP contribution in [0.5, 0.6) is 0 Å². The van der Waals surface area contributed by atoms with E-state index in [4.69, 9.17) is 0 Å². The maximum Gasteiger partial charge on any atom is 0.266 e. The summed E-state index contributed by atoms with van der Waals surface area (Å²) in [6.07, 6.45) is -2.28. The number of nitrogens with zero attached hydrogens (tertiary/aromatic N) is 1. The van der Waals surface area contributed by atoms with Gasteiger partial charge >= 0.3 is 0 Å². The molecule has 0 spiro atoms. The molecule has 0 atom stereocenters. The molecule has 1 aromatic carbocycles. The lowest BCUT2D eigenvalue weighted by Gasteiger charge is -2.27. The number of rotatable bonds is 4. The van der Waals surface area contributed by atoms with Gasteiger partial charge in [-0.05, 0) is 18.1 Å². The molecule has 0 saturated carbocycles. The standard InChI is InChI=1S/C13H17F3N2/c14-11-3-1-2-10(12(11)13(15)16)4-7-18-8-5-17-6-9-18/h1-3,13,17H,4-9H2. The zero-order chi connectivity index (χ0) is 13.0. The normalized spacial score (nSPS) is 17.3. The average Bonchev–Trinajstić information content (AvgIpc) is 2.37. The first-order valence-electron chi connectivity index (χ1n) is 6.17. The molecule has 1 heterocycles. The van der Waals surface area contributed by atoms with Crippen molar-refractivity contribution in [2.45, 2.75) is 12.8 Å². The third kappa shape index (κ3) is 3.23. The van der Waals surface area contributed by atoms with Gasteiger partial charge in [-0.2, -0.15) is 0 Å². The van der Waals surface area contributed by atoms with Gasteiger partial charge in [-0.15, -0.1) is 0 Å². The van der Waals surface area contributed by atoms with Crippen molar-refractivity contribution in [3.63, 3.8) is 0 Å². The van der Waals surface area contributed by atoms with Crippen LogP contribution in [-0.2, 0) is 6.42 Å². The van der Waals surface area contributed by atoms with E-state index in [2.05, 4.69) is 10.2 Å². The summed E-state index contributed by atoms with van der Waals surface area (Å²) in [6, 6.07) is 4.18. The molecule has 1 aromatic rings. The second-order valence-electron chi connectivity index (χ2n) is 4.45. The Hall–Kier alpha value is -1.07. The van der Waals surface area contributed by atoms with Crippen LogP contribution in [0.1, 0.15) is 17.6 Å². The minimum atomic E-state index is -2.75. The molecule has 0 aromatic heterocycles. The predicted molar refractivity (Wildman–Crippen MR) is 64.4 cm³/mol. The van der Waals surface area contributed by atoms with Gasteiger partial charge in [0.1, 0.15) is 5.82 Å². The molecule has 18 heavy (non-hydrogen) atoms. The minimum Gasteiger partial charge on any atom is -0.314 e. The maximum atomic E-state index is 13.4. The lowest BCUT2D eigenvalue weighted by Crippen LogP contribution is -2.44. The highest BCUT2D eigenvalue weighted by molar-refractivity contribution is 5.30. The summed E-state index contributed by atoms with van der Waals surface area (Å²) >= 11 is 0. The largest absolute Gasteiger partial charge is 0.314 e. The molecule has 0 bridgehead atoms. The van der Waals surface area contributed by atoms with E-state index in [1.807, 2.05) is 0 Å². The van der Waals surface area contributed by atoms with Gasteiger partial charge in [-0.1, -0.05) is 12.1 Å². The summed E-state index contributed by atoms with van der Waals surface area (Å²) in [5.74, 6) is -0.803. The highest BCUT2D eigenvalue weighted by atomic mass is 19.3. The molecule has 1 aliphatic rings. The third-order valence-corrected chi connectivity index (χ3v) is 3.27. The van der Waals surface area contributed by atoms with E-state index < -0.39 is 17.8 Å². The fourth-order valence-electron chi connectivity index (χ4n) is 2.26. The van der Waals surface area contributed by atoms with Crippen molar-refractivity contribution < 1.29 is 13.2 Å². The number of alkyl halides is 2. The molecule has 0 unspecified atom stereocenters. The van der Waals surface area contributed by atoms with Gasteiger partial charge in [0.25, 0.3) is 6.43 Å². The SMILES string of the molecule is Fc1cccc(CCN2CCNCC2)c1C(F)F. The summed E-state index contributed by atoms with van der Waals surface area (Å²) in [4.78, 5) is 2.21. The minimum absolute atomic E-state index is 0.420. The first-order chi connectivity index (χ1) is 8.68. The molecule has 5 heteroatoms. The molecular weight excluding hydrogens is 241 g/mol. The summed E-state index contributed by atoms with van der Waals surface area (Å²) < 4.78 is 38.9. The van der Waals surface area contributed by atoms with Gasteiger partial charge in [0.05, 0.1) is 5.56 Å². The van der Waals surface area contributed by atoms with Crippen molar-refractivity contribution in [1.29, 1.82) is 0 Å². The topological polar surface area (TPSA) is 15.3 Å². The Kier molecular flexibility index (Phi) is 4.60. The van der Waals surface area contributed by atoms with E-state index in [0.717, 1.165) is 32.2 Å². The van der Waals surface area contributed by atoms with Gasteiger partial charge in [0.15, 0.2) is 0 Å². The van der Waals surface area contributed by atoms with Gasteiger partial charge in [0.2, 0.25) is 0 Å². The third-order valence-electron chi connectivity index (χ3n) is 3.27. The Morgan fingerprint density at radius 1 is 1.22 bits per heavy atom. The zero-order valence-corrected chi connectivity index (χ0v) is 10.1. The van der Waals surface area contributed by atoms with Gasteiger partial charge < -0.3 is 10.2 Å². The van der Waals surface area contributed by atoms with Crippen LogP contribution in [0.4, 0.5) is 13.2 Å². The lowest BCUT2D eigenvalue weighted by molar-refractivity contribution is 0.144. The van der Waals surface area contributed by atoms with E-state index in [9.17, 15) is 13.2 Å². The number of hydrogen-bond donors (Lipinski definition) is 1. The van der Waals surface area contributed by atoms with Crippen LogP contribution in [0, 0.1) is 5.82 Å². The van der Waals surface area contributed by atoms with Crippen molar-refractivity contribution in [1.82, 2.24) is 10.2 Å². The predicted octanol–water partition coefficient (Wildman–Crippen LogP) is 2.21. The fourth-order valence-corrected chi connectivity index (χ4v) is 2.26. The molecule has 2 nitrogen and oxygen atoms in total. The second kappa shape index (κ2) is 6.20. The number of hydrogen-bond acceptors (Lipinski definition) is 2. The molecule has 0 aliphatic carbocycles. The highest BCUT2D eigenvalue weighted by Crippen LogP contribution is 2.26. The molecule has 0 radical (unpaired) electrons. The second-order valence-corrected chi connectivity index (χ2v) is 4.45. The van der Waals surface area contributed by atoms with Crippen molar-refractivity contribution in [2.24, 2.45) is 0 Å². The quantitative estimate of drug-likeness (QED) is 0.890. The average molecular weight is 258 g/mol. The van der Waals surface area contributed by atoms with Crippen LogP contribution in [0.15, 0.2) is 18.2 Å². The monoisotopic (exact) mass is 258 g/mol. The molecule has 1 N–H and O–H groups in total. The Morgan fingerprint density at radius 3 is 2.61 bits per heavy atom. The Morgan fingerprint density at radius 2 is 1.94 bits per heavy atom. The van der Waals surface area contributed by atoms with Crippen molar-refractivity contribution >= 4 is 0 Å². The number of piperazine rings is 1. The first-order valence-corrected chi connectivity index (χ1v) is 6.17.